The fourth-order valence-corrected chi connectivity index (χ4v) is 1.58. The van der Waals surface area contributed by atoms with E-state index in [1.54, 1.807) is 18.3 Å². The minimum Gasteiger partial charge on any atom is -0.507 e. The van der Waals surface area contributed by atoms with Crippen molar-refractivity contribution in [2.45, 2.75) is 6.92 Å². The molecule has 2 rings (SSSR count). The highest BCUT2D eigenvalue weighted by molar-refractivity contribution is 6.28. The van der Waals surface area contributed by atoms with Crippen LogP contribution in [0.3, 0.4) is 0 Å². The zero-order valence-corrected chi connectivity index (χ0v) is 8.86. The van der Waals surface area contributed by atoms with E-state index < -0.39 is 0 Å². The van der Waals surface area contributed by atoms with Crippen molar-refractivity contribution in [1.82, 2.24) is 9.97 Å². The number of benzene rings is 1. The van der Waals surface area contributed by atoms with Crippen molar-refractivity contribution in [3.8, 4) is 16.9 Å². The summed E-state index contributed by atoms with van der Waals surface area (Å²) in [5, 5.41) is 9.88. The largest absolute Gasteiger partial charge is 0.507 e. The van der Waals surface area contributed by atoms with Crippen LogP contribution >= 0.6 is 11.6 Å². The minimum atomic E-state index is 0.214. The molecule has 2 aromatic rings. The molecule has 0 unspecified atom stereocenters. The van der Waals surface area contributed by atoms with Crippen LogP contribution in [-0.2, 0) is 0 Å². The average Bonchev–Trinajstić information content (AvgIpc) is 2.20. The summed E-state index contributed by atoms with van der Waals surface area (Å²) in [5.41, 5.74) is 2.25. The van der Waals surface area contributed by atoms with Crippen LogP contribution in [0.4, 0.5) is 0 Å². The zero-order chi connectivity index (χ0) is 10.8. The molecule has 1 aromatic carbocycles. The number of aromatic hydroxyl groups is 1. The Morgan fingerprint density at radius 2 is 1.93 bits per heavy atom. The molecule has 0 bridgehead atoms. The molecule has 0 spiro atoms. The van der Waals surface area contributed by atoms with Crippen LogP contribution in [0.1, 0.15) is 5.69 Å². The smallest absolute Gasteiger partial charge is 0.222 e. The average molecular weight is 221 g/mol. The highest BCUT2D eigenvalue weighted by Gasteiger charge is 2.08. The lowest BCUT2D eigenvalue weighted by Gasteiger charge is -2.06. The van der Waals surface area contributed by atoms with Crippen LogP contribution in [0.2, 0.25) is 5.28 Å². The molecule has 0 fully saturated rings. The van der Waals surface area contributed by atoms with Gasteiger partial charge in [0.15, 0.2) is 0 Å². The van der Waals surface area contributed by atoms with Gasteiger partial charge in [0.1, 0.15) is 5.75 Å². The molecule has 0 aliphatic rings. The third-order valence-electron chi connectivity index (χ3n) is 2.14. The van der Waals surface area contributed by atoms with Gasteiger partial charge < -0.3 is 5.11 Å². The number of aryl methyl sites for hydroxylation is 1. The van der Waals surface area contributed by atoms with E-state index in [0.717, 1.165) is 11.3 Å². The van der Waals surface area contributed by atoms with Crippen molar-refractivity contribution < 1.29 is 5.11 Å². The molecule has 0 atom stereocenters. The van der Waals surface area contributed by atoms with Gasteiger partial charge in [-0.2, -0.15) is 0 Å². The van der Waals surface area contributed by atoms with Crippen molar-refractivity contribution in [1.29, 1.82) is 0 Å². The van der Waals surface area contributed by atoms with E-state index in [4.69, 9.17) is 11.6 Å². The summed E-state index contributed by atoms with van der Waals surface area (Å²) in [4.78, 5) is 7.93. The number of hydrogen-bond donors (Lipinski definition) is 1. The summed E-state index contributed by atoms with van der Waals surface area (Å²) in [6.07, 6.45) is 1.61. The fourth-order valence-electron chi connectivity index (χ4n) is 1.40. The van der Waals surface area contributed by atoms with Crippen molar-refractivity contribution in [2.24, 2.45) is 0 Å². The monoisotopic (exact) mass is 220 g/mol. The molecule has 3 nitrogen and oxygen atoms in total. The Hall–Kier alpha value is -1.61. The maximum Gasteiger partial charge on any atom is 0.222 e. The molecule has 0 aliphatic carbocycles. The van der Waals surface area contributed by atoms with Crippen LogP contribution < -0.4 is 0 Å². The lowest BCUT2D eigenvalue weighted by molar-refractivity contribution is 0.477. The Morgan fingerprint density at radius 1 is 1.20 bits per heavy atom. The number of para-hydroxylation sites is 1. The Balaban J connectivity index is 2.60. The number of rotatable bonds is 1. The summed E-state index contributed by atoms with van der Waals surface area (Å²) < 4.78 is 0. The van der Waals surface area contributed by atoms with Crippen molar-refractivity contribution in [2.75, 3.05) is 0 Å². The number of nitrogens with zero attached hydrogens (tertiary/aromatic N) is 2. The maximum atomic E-state index is 9.67. The molecule has 0 aliphatic heterocycles. The van der Waals surface area contributed by atoms with Gasteiger partial charge >= 0.3 is 0 Å². The molecule has 0 radical (unpaired) electrons. The summed E-state index contributed by atoms with van der Waals surface area (Å²) in [6, 6.07) is 7.06. The van der Waals surface area contributed by atoms with Crippen LogP contribution in [0, 0.1) is 6.92 Å². The van der Waals surface area contributed by atoms with Gasteiger partial charge in [0.2, 0.25) is 5.28 Å². The van der Waals surface area contributed by atoms with E-state index >= 15 is 0 Å². The standard InChI is InChI=1S/C11H9ClN2O/c1-7-9(6-13-11(12)14-7)8-4-2-3-5-10(8)15/h2-6,15H,1H3. The molecule has 76 valence electrons. The quantitative estimate of drug-likeness (QED) is 0.752. The highest BCUT2D eigenvalue weighted by Crippen LogP contribution is 2.29. The first-order chi connectivity index (χ1) is 7.18. The maximum absolute atomic E-state index is 9.67. The first kappa shape index (κ1) is 9.93. The van der Waals surface area contributed by atoms with Gasteiger partial charge in [0.25, 0.3) is 0 Å². The van der Waals surface area contributed by atoms with Crippen LogP contribution in [0.5, 0.6) is 5.75 Å². The van der Waals surface area contributed by atoms with E-state index in [0.29, 0.717) is 5.56 Å². The molecule has 1 heterocycles. The molecule has 0 amide bonds. The Morgan fingerprint density at radius 3 is 2.60 bits per heavy atom. The van der Waals surface area contributed by atoms with Gasteiger partial charge in [-0.05, 0) is 24.6 Å². The Kier molecular flexibility index (Phi) is 2.56. The van der Waals surface area contributed by atoms with Gasteiger partial charge in [-0.25, -0.2) is 9.97 Å². The number of halogens is 1. The number of phenols is 1. The molecule has 15 heavy (non-hydrogen) atoms. The van der Waals surface area contributed by atoms with E-state index in [1.807, 2.05) is 19.1 Å². The molecule has 0 saturated heterocycles. The van der Waals surface area contributed by atoms with E-state index in [9.17, 15) is 5.11 Å². The lowest BCUT2D eigenvalue weighted by Crippen LogP contribution is -1.91. The number of phenolic OH excluding ortho intramolecular Hbond substituents is 1. The number of aromatic nitrogens is 2. The Bertz CT molecular complexity index is 500. The minimum absolute atomic E-state index is 0.214. The topological polar surface area (TPSA) is 46.0 Å². The summed E-state index contributed by atoms with van der Waals surface area (Å²) >= 11 is 5.66. The zero-order valence-electron chi connectivity index (χ0n) is 8.11. The molecular formula is C11H9ClN2O. The second kappa shape index (κ2) is 3.87. The lowest BCUT2D eigenvalue weighted by atomic mass is 10.1. The first-order valence-corrected chi connectivity index (χ1v) is 4.84. The SMILES string of the molecule is Cc1nc(Cl)ncc1-c1ccccc1O. The normalized spacial score (nSPS) is 10.3. The molecule has 0 saturated carbocycles. The van der Waals surface area contributed by atoms with Gasteiger partial charge in [0.05, 0.1) is 5.69 Å². The Labute approximate surface area is 92.4 Å². The van der Waals surface area contributed by atoms with Crippen LogP contribution in [0.15, 0.2) is 30.5 Å². The predicted octanol–water partition coefficient (Wildman–Crippen LogP) is 2.81. The second-order valence-corrected chi connectivity index (χ2v) is 3.49. The van der Waals surface area contributed by atoms with Crippen molar-refractivity contribution >= 4 is 11.6 Å². The second-order valence-electron chi connectivity index (χ2n) is 3.16. The number of hydrogen-bond acceptors (Lipinski definition) is 3. The molecular weight excluding hydrogens is 212 g/mol. The van der Waals surface area contributed by atoms with Gasteiger partial charge in [-0.15, -0.1) is 0 Å². The van der Waals surface area contributed by atoms with E-state index in [-0.39, 0.29) is 11.0 Å². The van der Waals surface area contributed by atoms with E-state index in [1.165, 1.54) is 0 Å². The third-order valence-corrected chi connectivity index (χ3v) is 2.33. The van der Waals surface area contributed by atoms with Gasteiger partial charge in [0, 0.05) is 17.3 Å². The molecule has 1 N–H and O–H groups in total. The predicted molar refractivity (Wildman–Crippen MR) is 58.9 cm³/mol. The third kappa shape index (κ3) is 1.92. The first-order valence-electron chi connectivity index (χ1n) is 4.46. The summed E-state index contributed by atoms with van der Waals surface area (Å²) in [5.74, 6) is 0.214. The van der Waals surface area contributed by atoms with Gasteiger partial charge in [-0.1, -0.05) is 18.2 Å². The van der Waals surface area contributed by atoms with Crippen LogP contribution in [-0.4, -0.2) is 15.1 Å². The fraction of sp³-hybridized carbons (Fsp3) is 0.0909. The highest BCUT2D eigenvalue weighted by atomic mass is 35.5. The molecule has 1 aromatic heterocycles. The summed E-state index contributed by atoms with van der Waals surface area (Å²) in [7, 11) is 0. The van der Waals surface area contributed by atoms with Crippen molar-refractivity contribution in [3.63, 3.8) is 0 Å². The van der Waals surface area contributed by atoms with E-state index in [2.05, 4.69) is 9.97 Å². The summed E-state index contributed by atoms with van der Waals surface area (Å²) in [6.45, 7) is 1.83. The molecule has 4 heteroatoms. The van der Waals surface area contributed by atoms with Crippen LogP contribution in [0.25, 0.3) is 11.1 Å². The van der Waals surface area contributed by atoms with Crippen molar-refractivity contribution in [3.05, 3.63) is 41.4 Å². The van der Waals surface area contributed by atoms with Gasteiger partial charge in [-0.3, -0.25) is 0 Å².